The van der Waals surface area contributed by atoms with Crippen LogP contribution in [0.1, 0.15) is 23.8 Å². The Balaban J connectivity index is 1.24. The fourth-order valence-corrected chi connectivity index (χ4v) is 3.85. The van der Waals surface area contributed by atoms with E-state index in [1.165, 1.54) is 0 Å². The number of nitrogens with zero attached hydrogens (tertiary/aromatic N) is 4. The summed E-state index contributed by atoms with van der Waals surface area (Å²) in [5, 5.41) is 3.14. The molecule has 170 valence electrons. The molecule has 2 aliphatic heterocycles. The average Bonchev–Trinajstić information content (AvgIpc) is 3.10. The van der Waals surface area contributed by atoms with Crippen molar-refractivity contribution in [3.63, 3.8) is 0 Å². The quantitative estimate of drug-likeness (QED) is 0.638. The molecule has 0 spiro atoms. The third kappa shape index (κ3) is 5.20. The Morgan fingerprint density at radius 2 is 1.97 bits per heavy atom. The Bertz CT molecular complexity index is 1110. The minimum atomic E-state index is -0.296. The van der Waals surface area contributed by atoms with Crippen LogP contribution in [0.25, 0.3) is 0 Å². The number of morpholine rings is 1. The second-order valence-electron chi connectivity index (χ2n) is 7.87. The average molecular weight is 447 g/mol. The van der Waals surface area contributed by atoms with E-state index in [9.17, 15) is 4.79 Å². The van der Waals surface area contributed by atoms with Crippen LogP contribution in [-0.4, -0.2) is 58.7 Å². The third-order valence-corrected chi connectivity index (χ3v) is 5.51. The first-order valence-corrected chi connectivity index (χ1v) is 11.0. The Labute approximate surface area is 191 Å². The first-order chi connectivity index (χ1) is 16.2. The number of benzene rings is 1. The summed E-state index contributed by atoms with van der Waals surface area (Å²) in [6, 6.07) is 11.4. The summed E-state index contributed by atoms with van der Waals surface area (Å²) in [7, 11) is 0. The molecule has 1 amide bonds. The summed E-state index contributed by atoms with van der Waals surface area (Å²) in [6.07, 6.45) is 5.71. The molecule has 1 N–H and O–H groups in total. The highest BCUT2D eigenvalue weighted by molar-refractivity contribution is 5.79. The van der Waals surface area contributed by atoms with Crippen LogP contribution in [-0.2, 0) is 16.0 Å². The van der Waals surface area contributed by atoms with Gasteiger partial charge in [0.05, 0.1) is 44.7 Å². The molecule has 5 rings (SSSR count). The Morgan fingerprint density at radius 3 is 2.85 bits per heavy atom. The predicted molar refractivity (Wildman–Crippen MR) is 121 cm³/mol. The summed E-state index contributed by atoms with van der Waals surface area (Å²) in [5.74, 6) is 2.74. The number of rotatable bonds is 5. The second-order valence-corrected chi connectivity index (χ2v) is 7.87. The molecule has 1 atom stereocenters. The lowest BCUT2D eigenvalue weighted by molar-refractivity contribution is -0.138. The summed E-state index contributed by atoms with van der Waals surface area (Å²) in [4.78, 5) is 27.8. The molecule has 0 saturated carbocycles. The van der Waals surface area contributed by atoms with Crippen LogP contribution in [0.2, 0.25) is 0 Å². The van der Waals surface area contributed by atoms with Gasteiger partial charge in [-0.1, -0.05) is 12.1 Å². The van der Waals surface area contributed by atoms with Gasteiger partial charge in [0.15, 0.2) is 11.5 Å². The van der Waals surface area contributed by atoms with Gasteiger partial charge in [-0.2, -0.15) is 0 Å². The number of pyridine rings is 1. The predicted octanol–water partition coefficient (Wildman–Crippen LogP) is 2.92. The molecule has 4 heterocycles. The largest absolute Gasteiger partial charge is 0.490 e. The second kappa shape index (κ2) is 9.83. The van der Waals surface area contributed by atoms with Crippen molar-refractivity contribution in [1.29, 1.82) is 0 Å². The molecule has 0 bridgehead atoms. The van der Waals surface area contributed by atoms with Crippen molar-refractivity contribution in [3.05, 3.63) is 66.2 Å². The Hall–Kier alpha value is -3.72. The molecule has 9 heteroatoms. The van der Waals surface area contributed by atoms with Gasteiger partial charge in [-0.05, 0) is 29.8 Å². The molecule has 0 aliphatic carbocycles. The molecular weight excluding hydrogens is 422 g/mol. The van der Waals surface area contributed by atoms with Crippen molar-refractivity contribution in [2.45, 2.75) is 18.9 Å². The molecule has 2 aromatic heterocycles. The van der Waals surface area contributed by atoms with Crippen LogP contribution in [0.4, 0.5) is 11.6 Å². The SMILES string of the molecule is O=C(Cc1ccc2c(c1)OCCCO2)N1CCO[C@@H](c2cccc(Nc3cnccn3)n2)C1. The third-order valence-electron chi connectivity index (χ3n) is 5.51. The van der Waals surface area contributed by atoms with Gasteiger partial charge in [0, 0.05) is 25.4 Å². The van der Waals surface area contributed by atoms with E-state index in [4.69, 9.17) is 14.2 Å². The van der Waals surface area contributed by atoms with E-state index in [1.807, 2.05) is 41.3 Å². The van der Waals surface area contributed by atoms with Crippen LogP contribution in [0, 0.1) is 0 Å². The molecule has 1 saturated heterocycles. The van der Waals surface area contributed by atoms with E-state index in [0.717, 1.165) is 23.4 Å². The van der Waals surface area contributed by atoms with Crippen LogP contribution in [0.5, 0.6) is 11.5 Å². The van der Waals surface area contributed by atoms with E-state index in [0.29, 0.717) is 56.7 Å². The van der Waals surface area contributed by atoms with Crippen molar-refractivity contribution in [3.8, 4) is 11.5 Å². The smallest absolute Gasteiger partial charge is 0.227 e. The lowest BCUT2D eigenvalue weighted by Gasteiger charge is -2.33. The van der Waals surface area contributed by atoms with E-state index in [2.05, 4.69) is 20.3 Å². The van der Waals surface area contributed by atoms with Crippen LogP contribution < -0.4 is 14.8 Å². The topological polar surface area (TPSA) is 98.7 Å². The maximum absolute atomic E-state index is 13.0. The van der Waals surface area contributed by atoms with Crippen molar-refractivity contribution in [2.24, 2.45) is 0 Å². The maximum atomic E-state index is 13.0. The number of amides is 1. The molecule has 33 heavy (non-hydrogen) atoms. The minimum absolute atomic E-state index is 0.0478. The lowest BCUT2D eigenvalue weighted by Crippen LogP contribution is -2.43. The highest BCUT2D eigenvalue weighted by Crippen LogP contribution is 2.31. The van der Waals surface area contributed by atoms with E-state index >= 15 is 0 Å². The van der Waals surface area contributed by atoms with Gasteiger partial charge in [-0.3, -0.25) is 9.78 Å². The number of carbonyl (C=O) groups is 1. The zero-order valence-electron chi connectivity index (χ0n) is 18.1. The summed E-state index contributed by atoms with van der Waals surface area (Å²) >= 11 is 0. The Morgan fingerprint density at radius 1 is 1.06 bits per heavy atom. The maximum Gasteiger partial charge on any atom is 0.227 e. The van der Waals surface area contributed by atoms with Crippen molar-refractivity contribution in [1.82, 2.24) is 19.9 Å². The normalized spacial score (nSPS) is 17.8. The summed E-state index contributed by atoms with van der Waals surface area (Å²) < 4.78 is 17.4. The van der Waals surface area contributed by atoms with Gasteiger partial charge in [0.1, 0.15) is 17.7 Å². The highest BCUT2D eigenvalue weighted by Gasteiger charge is 2.27. The fourth-order valence-electron chi connectivity index (χ4n) is 3.85. The molecule has 1 aromatic carbocycles. The molecular formula is C24H25N5O4. The fraction of sp³-hybridized carbons (Fsp3) is 0.333. The summed E-state index contributed by atoms with van der Waals surface area (Å²) in [5.41, 5.74) is 1.66. The molecule has 1 fully saturated rings. The number of anilines is 2. The minimum Gasteiger partial charge on any atom is -0.490 e. The molecule has 2 aliphatic rings. The number of fused-ring (bicyclic) bond motifs is 1. The highest BCUT2D eigenvalue weighted by atomic mass is 16.5. The van der Waals surface area contributed by atoms with Gasteiger partial charge in [0.25, 0.3) is 0 Å². The zero-order chi connectivity index (χ0) is 22.5. The van der Waals surface area contributed by atoms with Crippen molar-refractivity contribution < 1.29 is 19.0 Å². The lowest BCUT2D eigenvalue weighted by atomic mass is 10.1. The number of hydrogen-bond donors (Lipinski definition) is 1. The number of ether oxygens (including phenoxy) is 3. The van der Waals surface area contributed by atoms with Crippen molar-refractivity contribution in [2.75, 3.05) is 38.2 Å². The number of nitrogens with one attached hydrogen (secondary N) is 1. The van der Waals surface area contributed by atoms with E-state index < -0.39 is 0 Å². The number of aromatic nitrogens is 3. The molecule has 0 radical (unpaired) electrons. The monoisotopic (exact) mass is 447 g/mol. The molecule has 3 aromatic rings. The van der Waals surface area contributed by atoms with Crippen molar-refractivity contribution >= 4 is 17.5 Å². The number of hydrogen-bond acceptors (Lipinski definition) is 8. The van der Waals surface area contributed by atoms with Gasteiger partial charge in [-0.15, -0.1) is 0 Å². The standard InChI is InChI=1S/C24H25N5O4/c30-24(14-17-5-6-19-20(13-17)32-11-2-10-31-19)29-9-12-33-21(16-29)18-3-1-4-22(27-18)28-23-15-25-7-8-26-23/h1,3-8,13,15,21H,2,9-12,14,16H2,(H,26,27,28)/t21-/m1/s1. The van der Waals surface area contributed by atoms with Crippen LogP contribution in [0.15, 0.2) is 55.0 Å². The van der Waals surface area contributed by atoms with Crippen LogP contribution in [0.3, 0.4) is 0 Å². The van der Waals surface area contributed by atoms with E-state index in [-0.39, 0.29) is 12.0 Å². The first kappa shape index (κ1) is 21.1. The van der Waals surface area contributed by atoms with Gasteiger partial charge < -0.3 is 24.4 Å². The summed E-state index contributed by atoms with van der Waals surface area (Å²) in [6.45, 7) is 2.72. The van der Waals surface area contributed by atoms with Gasteiger partial charge in [-0.25, -0.2) is 9.97 Å². The van der Waals surface area contributed by atoms with E-state index in [1.54, 1.807) is 18.6 Å². The first-order valence-electron chi connectivity index (χ1n) is 11.0. The zero-order valence-corrected chi connectivity index (χ0v) is 18.1. The van der Waals surface area contributed by atoms with Gasteiger partial charge >= 0.3 is 0 Å². The molecule has 9 nitrogen and oxygen atoms in total. The van der Waals surface area contributed by atoms with Crippen LogP contribution >= 0.6 is 0 Å². The Kier molecular flexibility index (Phi) is 6.30. The number of carbonyl (C=O) groups excluding carboxylic acids is 1. The van der Waals surface area contributed by atoms with Gasteiger partial charge in [0.2, 0.25) is 5.91 Å². The molecule has 0 unspecified atom stereocenters.